The maximum Gasteiger partial charge on any atom is 0.214 e. The molecule has 0 amide bonds. The second kappa shape index (κ2) is 3.99. The first-order valence-electron chi connectivity index (χ1n) is 3.56. The van der Waals surface area contributed by atoms with Crippen molar-refractivity contribution in [3.8, 4) is 11.2 Å². The molecule has 0 fully saturated rings. The van der Waals surface area contributed by atoms with Gasteiger partial charge in [0.2, 0.25) is 9.84 Å². The lowest BCUT2D eigenvalue weighted by Crippen LogP contribution is -1.89. The van der Waals surface area contributed by atoms with Crippen LogP contribution in [0.3, 0.4) is 0 Å². The molecule has 0 bridgehead atoms. The minimum atomic E-state index is -3.36. The van der Waals surface area contributed by atoms with Gasteiger partial charge >= 0.3 is 0 Å². The van der Waals surface area contributed by atoms with Crippen LogP contribution in [0.2, 0.25) is 5.02 Å². The van der Waals surface area contributed by atoms with Crippen molar-refractivity contribution in [1.29, 1.82) is 0 Å². The summed E-state index contributed by atoms with van der Waals surface area (Å²) in [5, 5.41) is 2.11. The highest BCUT2D eigenvalue weighted by Crippen LogP contribution is 2.15. The number of sulfone groups is 1. The molecule has 0 heterocycles. The molecule has 0 radical (unpaired) electrons. The number of benzene rings is 1. The van der Waals surface area contributed by atoms with E-state index in [0.29, 0.717) is 5.56 Å². The first-order valence-corrected chi connectivity index (χ1v) is 5.83. The van der Waals surface area contributed by atoms with Gasteiger partial charge in [-0.3, -0.25) is 0 Å². The number of hydrogen-bond acceptors (Lipinski definition) is 2. The molecule has 0 aliphatic heterocycles. The Labute approximate surface area is 86.6 Å². The molecule has 0 saturated carbocycles. The molecular formula is C9H6ClFO2S. The first kappa shape index (κ1) is 11.0. The van der Waals surface area contributed by atoms with E-state index in [1.54, 1.807) is 0 Å². The summed E-state index contributed by atoms with van der Waals surface area (Å²) in [4.78, 5) is 0. The van der Waals surface area contributed by atoms with Gasteiger partial charge in [-0.25, -0.2) is 12.8 Å². The molecule has 0 aromatic heterocycles. The number of halogens is 2. The van der Waals surface area contributed by atoms with Crippen LogP contribution >= 0.6 is 11.6 Å². The van der Waals surface area contributed by atoms with E-state index in [2.05, 4.69) is 5.92 Å². The van der Waals surface area contributed by atoms with Gasteiger partial charge in [-0.15, -0.1) is 0 Å². The Morgan fingerprint density at radius 3 is 2.57 bits per heavy atom. The fourth-order valence-corrected chi connectivity index (χ4v) is 1.25. The zero-order valence-electron chi connectivity index (χ0n) is 7.21. The third kappa shape index (κ3) is 3.36. The second-order valence-corrected chi connectivity index (χ2v) is 4.78. The summed E-state index contributed by atoms with van der Waals surface area (Å²) in [7, 11) is -3.36. The van der Waals surface area contributed by atoms with E-state index in [1.165, 1.54) is 6.07 Å². The summed E-state index contributed by atoms with van der Waals surface area (Å²) >= 11 is 5.62. The molecule has 1 rings (SSSR count). The van der Waals surface area contributed by atoms with Crippen LogP contribution in [-0.4, -0.2) is 14.7 Å². The highest BCUT2D eigenvalue weighted by Gasteiger charge is 1.99. The lowest BCUT2D eigenvalue weighted by molar-refractivity contribution is 0.611. The van der Waals surface area contributed by atoms with Gasteiger partial charge in [-0.1, -0.05) is 11.6 Å². The van der Waals surface area contributed by atoms with Gasteiger partial charge in [-0.05, 0) is 24.1 Å². The van der Waals surface area contributed by atoms with Crippen LogP contribution in [0, 0.1) is 17.0 Å². The molecule has 0 N–H and O–H groups in total. The van der Waals surface area contributed by atoms with Gasteiger partial charge < -0.3 is 0 Å². The molecule has 0 aliphatic carbocycles. The van der Waals surface area contributed by atoms with Crippen molar-refractivity contribution in [1.82, 2.24) is 0 Å². The number of hydrogen-bond donors (Lipinski definition) is 0. The normalized spacial score (nSPS) is 10.5. The molecule has 2 nitrogen and oxygen atoms in total. The Balaban J connectivity index is 3.15. The van der Waals surface area contributed by atoms with Crippen LogP contribution in [0.25, 0.3) is 0 Å². The second-order valence-electron chi connectivity index (χ2n) is 2.62. The maximum atomic E-state index is 12.6. The Hall–Kier alpha value is -1.05. The van der Waals surface area contributed by atoms with Crippen LogP contribution < -0.4 is 0 Å². The quantitative estimate of drug-likeness (QED) is 0.640. The molecule has 0 unspecified atom stereocenters. The van der Waals surface area contributed by atoms with Gasteiger partial charge in [-0.2, -0.15) is 0 Å². The van der Waals surface area contributed by atoms with E-state index in [9.17, 15) is 12.8 Å². The zero-order chi connectivity index (χ0) is 10.8. The molecular weight excluding hydrogens is 227 g/mol. The van der Waals surface area contributed by atoms with E-state index >= 15 is 0 Å². The van der Waals surface area contributed by atoms with Crippen molar-refractivity contribution in [2.45, 2.75) is 0 Å². The highest BCUT2D eigenvalue weighted by molar-refractivity contribution is 7.95. The van der Waals surface area contributed by atoms with Crippen molar-refractivity contribution in [3.05, 3.63) is 34.6 Å². The summed E-state index contributed by atoms with van der Waals surface area (Å²) in [6.07, 6.45) is 0.984. The van der Waals surface area contributed by atoms with E-state index in [0.717, 1.165) is 18.4 Å². The lowest BCUT2D eigenvalue weighted by atomic mass is 10.2. The average Bonchev–Trinajstić information content (AvgIpc) is 2.00. The molecule has 0 aliphatic rings. The van der Waals surface area contributed by atoms with E-state index in [4.69, 9.17) is 11.6 Å². The van der Waals surface area contributed by atoms with Gasteiger partial charge in [0.05, 0.1) is 11.3 Å². The zero-order valence-corrected chi connectivity index (χ0v) is 8.79. The fourth-order valence-electron chi connectivity index (χ4n) is 0.739. The molecule has 1 aromatic carbocycles. The predicted molar refractivity (Wildman–Crippen MR) is 53.1 cm³/mol. The van der Waals surface area contributed by atoms with Gasteiger partial charge in [0.15, 0.2) is 0 Å². The minimum Gasteiger partial charge on any atom is -0.216 e. The largest absolute Gasteiger partial charge is 0.216 e. The smallest absolute Gasteiger partial charge is 0.214 e. The first-order chi connectivity index (χ1) is 6.38. The maximum absolute atomic E-state index is 12.6. The average molecular weight is 233 g/mol. The van der Waals surface area contributed by atoms with Crippen LogP contribution in [0.4, 0.5) is 4.39 Å². The molecule has 0 atom stereocenters. The monoisotopic (exact) mass is 232 g/mol. The third-order valence-electron chi connectivity index (χ3n) is 1.30. The molecule has 1 aromatic rings. The molecule has 5 heteroatoms. The van der Waals surface area contributed by atoms with Crippen molar-refractivity contribution in [2.24, 2.45) is 0 Å². The predicted octanol–water partition coefficient (Wildman–Crippen LogP) is 1.83. The van der Waals surface area contributed by atoms with Crippen molar-refractivity contribution in [3.63, 3.8) is 0 Å². The third-order valence-corrected chi connectivity index (χ3v) is 2.09. The molecule has 74 valence electrons. The van der Waals surface area contributed by atoms with Gasteiger partial charge in [0.25, 0.3) is 0 Å². The van der Waals surface area contributed by atoms with Gasteiger partial charge in [0.1, 0.15) is 5.82 Å². The molecule has 0 spiro atoms. The van der Waals surface area contributed by atoms with E-state index < -0.39 is 15.7 Å². The summed E-state index contributed by atoms with van der Waals surface area (Å²) in [6, 6.07) is 3.57. The van der Waals surface area contributed by atoms with E-state index in [1.807, 2.05) is 5.25 Å². The Morgan fingerprint density at radius 1 is 1.43 bits per heavy atom. The fraction of sp³-hybridized carbons (Fsp3) is 0.111. The lowest BCUT2D eigenvalue weighted by Gasteiger charge is -1.94. The van der Waals surface area contributed by atoms with Gasteiger partial charge in [0, 0.05) is 10.8 Å². The summed E-state index contributed by atoms with van der Waals surface area (Å²) in [5.41, 5.74) is 0.290. The van der Waals surface area contributed by atoms with Crippen molar-refractivity contribution < 1.29 is 12.8 Å². The summed E-state index contributed by atoms with van der Waals surface area (Å²) in [6.45, 7) is 0. The Bertz CT molecular complexity index is 511. The summed E-state index contributed by atoms with van der Waals surface area (Å²) < 4.78 is 34.0. The SMILES string of the molecule is CS(=O)(=O)C#Cc1ccc(F)cc1Cl. The van der Waals surface area contributed by atoms with Crippen LogP contribution in [-0.2, 0) is 9.84 Å². The highest BCUT2D eigenvalue weighted by atomic mass is 35.5. The topological polar surface area (TPSA) is 34.1 Å². The minimum absolute atomic E-state index is 0.0983. The molecule has 14 heavy (non-hydrogen) atoms. The van der Waals surface area contributed by atoms with E-state index in [-0.39, 0.29) is 5.02 Å². The molecule has 0 saturated heterocycles. The van der Waals surface area contributed by atoms with Crippen LogP contribution in [0.1, 0.15) is 5.56 Å². The summed E-state index contributed by atoms with van der Waals surface area (Å²) in [5.74, 6) is 1.86. The van der Waals surface area contributed by atoms with Crippen LogP contribution in [0.5, 0.6) is 0 Å². The Morgan fingerprint density at radius 2 is 2.07 bits per heavy atom. The van der Waals surface area contributed by atoms with Crippen molar-refractivity contribution >= 4 is 21.4 Å². The Kier molecular flexibility index (Phi) is 3.14. The van der Waals surface area contributed by atoms with Crippen molar-refractivity contribution in [2.75, 3.05) is 6.26 Å². The number of rotatable bonds is 0. The standard InChI is InChI=1S/C9H6ClFO2S/c1-14(12,13)5-4-7-2-3-8(11)6-9(7)10/h2-3,6H,1H3. The van der Waals surface area contributed by atoms with Crippen LogP contribution in [0.15, 0.2) is 18.2 Å².